The summed E-state index contributed by atoms with van der Waals surface area (Å²) in [7, 11) is -5.74. The summed E-state index contributed by atoms with van der Waals surface area (Å²) in [4.78, 5) is 34.8. The van der Waals surface area contributed by atoms with Gasteiger partial charge in [0.1, 0.15) is 18.0 Å². The SMILES string of the molecule is CC/C=C\[C@H]1O[C@@H]1C1=C(C)C(=O)[C@]2(O1)C(O[Si](C(C)C)(C(C)C)C(C)C)=N[C@@](O)(C(=O)c1ccccc1)[C@@H]2O[Si](C(C)C)(C(C)C)C(C)C. The molecule has 0 saturated carbocycles. The molecule has 49 heavy (non-hydrogen) atoms. The number of hydrogen-bond donors (Lipinski definition) is 1. The average molecular weight is 712 g/mol. The number of carbonyl (C=O) groups excluding carboxylic acids is 2. The monoisotopic (exact) mass is 711 g/mol. The fourth-order valence-corrected chi connectivity index (χ4v) is 19.9. The van der Waals surface area contributed by atoms with Gasteiger partial charge in [0, 0.05) is 11.1 Å². The van der Waals surface area contributed by atoms with Crippen molar-refractivity contribution >= 4 is 34.1 Å². The molecule has 0 amide bonds. The van der Waals surface area contributed by atoms with E-state index in [0.29, 0.717) is 11.3 Å². The Bertz CT molecular complexity index is 1440. The number of Topliss-reactive ketones (excluding diaryl/α,β-unsaturated/α-hetero) is 2. The highest BCUT2D eigenvalue weighted by Gasteiger charge is 2.75. The lowest BCUT2D eigenvalue weighted by atomic mass is 9.84. The summed E-state index contributed by atoms with van der Waals surface area (Å²) < 4.78 is 27.7. The Kier molecular flexibility index (Phi) is 11.5. The molecule has 8 nitrogen and oxygen atoms in total. The van der Waals surface area contributed by atoms with Crippen LogP contribution in [-0.4, -0.2) is 68.8 Å². The Balaban J connectivity index is 2.05. The van der Waals surface area contributed by atoms with Crippen molar-refractivity contribution in [1.29, 1.82) is 0 Å². The third-order valence-corrected chi connectivity index (χ3v) is 23.4. The fraction of sp³-hybridized carbons (Fsp3) is 0.667. The highest BCUT2D eigenvalue weighted by molar-refractivity contribution is 6.79. The van der Waals surface area contributed by atoms with Gasteiger partial charge in [0.15, 0.2) is 6.10 Å². The van der Waals surface area contributed by atoms with E-state index in [9.17, 15) is 9.90 Å². The van der Waals surface area contributed by atoms with Crippen molar-refractivity contribution in [1.82, 2.24) is 0 Å². The summed E-state index contributed by atoms with van der Waals surface area (Å²) >= 11 is 0. The molecule has 5 atom stereocenters. The molecule has 0 aliphatic carbocycles. The smallest absolute Gasteiger partial charge is 0.273 e. The van der Waals surface area contributed by atoms with Crippen molar-refractivity contribution in [3.8, 4) is 0 Å². The lowest BCUT2D eigenvalue weighted by molar-refractivity contribution is -0.143. The zero-order valence-electron chi connectivity index (χ0n) is 32.3. The molecule has 1 spiro atoms. The second kappa shape index (κ2) is 14.3. The second-order valence-corrected chi connectivity index (χ2v) is 26.9. The normalized spacial score (nSPS) is 27.7. The molecule has 4 rings (SSSR count). The summed E-state index contributed by atoms with van der Waals surface area (Å²) in [5.41, 5.74) is -3.34. The van der Waals surface area contributed by atoms with Gasteiger partial charge in [0.05, 0.1) is 0 Å². The number of aliphatic hydroxyl groups is 1. The molecule has 1 aromatic rings. The molecular weight excluding hydrogens is 651 g/mol. The van der Waals surface area contributed by atoms with E-state index < -0.39 is 51.7 Å². The van der Waals surface area contributed by atoms with Crippen LogP contribution in [0.25, 0.3) is 0 Å². The molecule has 1 fully saturated rings. The average Bonchev–Trinajstić information content (AvgIpc) is 3.69. The van der Waals surface area contributed by atoms with Crippen molar-refractivity contribution < 1.29 is 33.0 Å². The van der Waals surface area contributed by atoms with Crippen LogP contribution >= 0.6 is 0 Å². The van der Waals surface area contributed by atoms with E-state index in [0.717, 1.165) is 6.42 Å². The number of rotatable bonds is 14. The maximum absolute atomic E-state index is 15.2. The molecular formula is C39H61NO7Si2. The first kappa shape index (κ1) is 39.4. The Morgan fingerprint density at radius 3 is 1.88 bits per heavy atom. The van der Waals surface area contributed by atoms with Gasteiger partial charge in [0.25, 0.3) is 19.6 Å². The Morgan fingerprint density at radius 2 is 1.41 bits per heavy atom. The predicted molar refractivity (Wildman–Crippen MR) is 201 cm³/mol. The first-order chi connectivity index (χ1) is 22.8. The minimum atomic E-state index is -2.91. The quantitative estimate of drug-likeness (QED) is 0.0888. The third kappa shape index (κ3) is 6.28. The molecule has 3 heterocycles. The van der Waals surface area contributed by atoms with Crippen LogP contribution in [0.15, 0.2) is 58.8 Å². The highest BCUT2D eigenvalue weighted by Crippen LogP contribution is 2.55. The summed E-state index contributed by atoms with van der Waals surface area (Å²) in [6, 6.07) is 8.61. The first-order valence-corrected chi connectivity index (χ1v) is 22.6. The molecule has 272 valence electrons. The van der Waals surface area contributed by atoms with Crippen LogP contribution in [0.2, 0.25) is 33.2 Å². The van der Waals surface area contributed by atoms with Gasteiger partial charge >= 0.3 is 0 Å². The lowest BCUT2D eigenvalue weighted by Gasteiger charge is -2.48. The number of benzene rings is 1. The van der Waals surface area contributed by atoms with E-state index >= 15 is 4.79 Å². The van der Waals surface area contributed by atoms with Crippen LogP contribution in [0.1, 0.15) is 114 Å². The van der Waals surface area contributed by atoms with Gasteiger partial charge in [-0.2, -0.15) is 0 Å². The number of epoxide rings is 1. The van der Waals surface area contributed by atoms with Crippen LogP contribution in [0.4, 0.5) is 0 Å². The first-order valence-electron chi connectivity index (χ1n) is 18.4. The fourth-order valence-electron chi connectivity index (χ4n) is 9.08. The molecule has 1 saturated heterocycles. The zero-order valence-corrected chi connectivity index (χ0v) is 34.3. The number of nitrogens with zero attached hydrogens (tertiary/aromatic N) is 1. The predicted octanol–water partition coefficient (Wildman–Crippen LogP) is 9.07. The molecule has 0 radical (unpaired) electrons. The minimum absolute atomic E-state index is 0.0492. The van der Waals surface area contributed by atoms with E-state index in [1.54, 1.807) is 31.2 Å². The van der Waals surface area contributed by atoms with E-state index in [-0.39, 0.29) is 50.8 Å². The van der Waals surface area contributed by atoms with Crippen LogP contribution in [-0.2, 0) is 23.1 Å². The summed E-state index contributed by atoms with van der Waals surface area (Å²) in [5.74, 6) is -0.731. The number of ketones is 2. The van der Waals surface area contributed by atoms with E-state index in [1.807, 2.05) is 18.2 Å². The van der Waals surface area contributed by atoms with E-state index in [1.165, 1.54) is 0 Å². The number of hydrogen-bond acceptors (Lipinski definition) is 8. The van der Waals surface area contributed by atoms with Crippen molar-refractivity contribution in [3.05, 3.63) is 59.4 Å². The van der Waals surface area contributed by atoms with Gasteiger partial charge in [-0.05, 0) is 46.6 Å². The molecule has 0 unspecified atom stereocenters. The van der Waals surface area contributed by atoms with Gasteiger partial charge in [-0.25, -0.2) is 4.99 Å². The highest BCUT2D eigenvalue weighted by atomic mass is 28.4. The number of ether oxygens (including phenoxy) is 2. The third-order valence-electron chi connectivity index (χ3n) is 11.4. The maximum Gasteiger partial charge on any atom is 0.273 e. The molecule has 1 aromatic carbocycles. The Morgan fingerprint density at radius 1 is 0.898 bits per heavy atom. The molecule has 1 N–H and O–H groups in total. The molecule has 0 aromatic heterocycles. The van der Waals surface area contributed by atoms with Crippen molar-refractivity contribution in [3.63, 3.8) is 0 Å². The van der Waals surface area contributed by atoms with E-state index in [2.05, 4.69) is 90.0 Å². The number of carbonyl (C=O) groups is 2. The standard InChI is InChI=1S/C39H61NO7Si2/c1-15-16-22-31-33(44-31)32-29(14)34(41)38(45-32)36(46-48(23(2)3,24(4)5)25(6)7)39(43,35(42)30-20-18-17-19-21-30)40-37(38)47-49(26(8)9,27(10)11)28(12)13/h16-28,31,33,36,43H,15H2,1-14H3/b22-16-/t31-,33+,36-,38-,39-/m1/s1. The van der Waals surface area contributed by atoms with Crippen LogP contribution in [0, 0.1) is 0 Å². The molecule has 10 heteroatoms. The largest absolute Gasteiger partial charge is 0.530 e. The van der Waals surface area contributed by atoms with Crippen molar-refractivity contribution in [2.24, 2.45) is 4.99 Å². The second-order valence-electron chi connectivity index (χ2n) is 16.1. The lowest BCUT2D eigenvalue weighted by Crippen LogP contribution is -2.67. The van der Waals surface area contributed by atoms with Gasteiger partial charge in [0.2, 0.25) is 25.8 Å². The van der Waals surface area contributed by atoms with E-state index in [4.69, 9.17) is 23.3 Å². The Labute approximate surface area is 297 Å². The molecule has 3 aliphatic heterocycles. The van der Waals surface area contributed by atoms with Gasteiger partial charge < -0.3 is 23.4 Å². The van der Waals surface area contributed by atoms with Gasteiger partial charge in [-0.1, -0.05) is 132 Å². The zero-order chi connectivity index (χ0) is 36.9. The summed E-state index contributed by atoms with van der Waals surface area (Å²) in [6.45, 7) is 29.5. The van der Waals surface area contributed by atoms with Gasteiger partial charge in [-0.3, -0.25) is 9.59 Å². The number of aliphatic imine (C=N–C) groups is 1. The van der Waals surface area contributed by atoms with Crippen LogP contribution in [0.3, 0.4) is 0 Å². The van der Waals surface area contributed by atoms with Crippen LogP contribution < -0.4 is 0 Å². The molecule has 3 aliphatic rings. The topological polar surface area (TPSA) is 107 Å². The van der Waals surface area contributed by atoms with Crippen molar-refractivity contribution in [2.75, 3.05) is 0 Å². The van der Waals surface area contributed by atoms with Crippen molar-refractivity contribution in [2.45, 2.75) is 166 Å². The summed E-state index contributed by atoms with van der Waals surface area (Å²) in [5, 5.41) is 13.0. The summed E-state index contributed by atoms with van der Waals surface area (Å²) in [6.07, 6.45) is 2.64. The minimum Gasteiger partial charge on any atom is -0.530 e. The number of allylic oxidation sites excluding steroid dienone is 1. The maximum atomic E-state index is 15.2. The van der Waals surface area contributed by atoms with Crippen LogP contribution in [0.5, 0.6) is 0 Å². The van der Waals surface area contributed by atoms with Gasteiger partial charge in [-0.15, -0.1) is 0 Å². The Hall–Kier alpha value is -2.38. The molecule has 0 bridgehead atoms.